The fraction of sp³-hybridized carbons (Fsp3) is 0.562. The predicted molar refractivity (Wildman–Crippen MR) is 104 cm³/mol. The second-order valence-corrected chi connectivity index (χ2v) is 11.2. The number of rotatable bonds is 3. The van der Waals surface area contributed by atoms with E-state index in [4.69, 9.17) is 34.8 Å². The quantitative estimate of drug-likeness (QED) is 0.513. The average molecular weight is 411 g/mol. The van der Waals surface area contributed by atoms with Gasteiger partial charge in [0.2, 0.25) is 0 Å². The summed E-state index contributed by atoms with van der Waals surface area (Å²) in [6.45, 7) is 10.5. The van der Waals surface area contributed by atoms with Crippen LogP contribution in [0.4, 0.5) is 10.5 Å². The molecule has 0 radical (unpaired) electrons. The topological polar surface area (TPSA) is 35.6 Å². The van der Waals surface area contributed by atoms with E-state index in [1.165, 1.54) is 9.98 Å². The maximum Gasteiger partial charge on any atom is 0.350 e. The van der Waals surface area contributed by atoms with E-state index in [2.05, 4.69) is 26.2 Å². The van der Waals surface area contributed by atoms with Gasteiger partial charge in [-0.05, 0) is 29.0 Å². The Morgan fingerprint density at radius 2 is 1.67 bits per heavy atom. The van der Waals surface area contributed by atoms with Crippen molar-refractivity contribution in [3.63, 3.8) is 0 Å². The summed E-state index contributed by atoms with van der Waals surface area (Å²) >= 11 is 18.3. The van der Waals surface area contributed by atoms with Crippen LogP contribution in [-0.2, 0) is 5.41 Å². The molecule has 0 saturated carbocycles. The number of amides is 2. The van der Waals surface area contributed by atoms with Crippen molar-refractivity contribution < 1.29 is 4.79 Å². The van der Waals surface area contributed by atoms with E-state index in [-0.39, 0.29) is 23.5 Å². The first-order valence-corrected chi connectivity index (χ1v) is 9.57. The molecule has 1 aromatic rings. The molecule has 4 nitrogen and oxygen atoms in total. The molecule has 1 fully saturated rings. The number of nitrogens with one attached hydrogen (secondary N) is 1. The maximum atomic E-state index is 12.8. The lowest BCUT2D eigenvalue weighted by molar-refractivity contribution is 0.235. The fourth-order valence-electron chi connectivity index (χ4n) is 2.46. The van der Waals surface area contributed by atoms with Gasteiger partial charge in [0.1, 0.15) is 6.17 Å². The van der Waals surface area contributed by atoms with Gasteiger partial charge >= 0.3 is 6.03 Å². The highest BCUT2D eigenvalue weighted by atomic mass is 35.6. The molecule has 2 rings (SSSR count). The van der Waals surface area contributed by atoms with Crippen molar-refractivity contribution in [1.82, 2.24) is 9.84 Å². The summed E-state index contributed by atoms with van der Waals surface area (Å²) in [5.41, 5.74) is 5.19. The number of hydrogen-bond acceptors (Lipinski definition) is 3. The van der Waals surface area contributed by atoms with Crippen LogP contribution < -0.4 is 10.3 Å². The minimum absolute atomic E-state index is 0.0562. The normalized spacial score (nSPS) is 19.5. The molecule has 1 heterocycles. The second kappa shape index (κ2) is 7.12. The van der Waals surface area contributed by atoms with Gasteiger partial charge in [-0.25, -0.2) is 4.79 Å². The number of hydrazine groups is 1. The third-order valence-corrected chi connectivity index (χ3v) is 5.02. The zero-order valence-electron chi connectivity index (χ0n) is 14.3. The molecule has 0 spiro atoms. The van der Waals surface area contributed by atoms with Crippen LogP contribution in [-0.4, -0.2) is 19.7 Å². The van der Waals surface area contributed by atoms with E-state index >= 15 is 0 Å². The van der Waals surface area contributed by atoms with E-state index in [0.717, 1.165) is 17.6 Å². The summed E-state index contributed by atoms with van der Waals surface area (Å²) < 4.78 is -0.328. The lowest BCUT2D eigenvalue weighted by atomic mass is 9.87. The molecule has 1 aromatic carbocycles. The van der Waals surface area contributed by atoms with Crippen LogP contribution >= 0.6 is 46.8 Å². The molecule has 1 N–H and O–H groups in total. The number of carbonyl (C=O) groups excluding carboxylic acids is 1. The van der Waals surface area contributed by atoms with Gasteiger partial charge in [0.15, 0.2) is 0 Å². The van der Waals surface area contributed by atoms with Gasteiger partial charge < -0.3 is 0 Å². The summed E-state index contributed by atoms with van der Waals surface area (Å²) in [6, 6.07) is 7.75. The summed E-state index contributed by atoms with van der Waals surface area (Å²) in [6.07, 6.45) is -0.210. The van der Waals surface area contributed by atoms with Crippen LogP contribution in [0.3, 0.4) is 0 Å². The smallest absolute Gasteiger partial charge is 0.275 e. The highest BCUT2D eigenvalue weighted by Crippen LogP contribution is 2.43. The third-order valence-electron chi connectivity index (χ3n) is 3.75. The molecule has 1 saturated heterocycles. The molecule has 2 amide bonds. The van der Waals surface area contributed by atoms with E-state index in [0.29, 0.717) is 0 Å². The van der Waals surface area contributed by atoms with Crippen LogP contribution in [0.15, 0.2) is 24.3 Å². The monoisotopic (exact) mass is 409 g/mol. The lowest BCUT2D eigenvalue weighted by Crippen LogP contribution is -2.41. The van der Waals surface area contributed by atoms with E-state index in [9.17, 15) is 4.79 Å². The van der Waals surface area contributed by atoms with Crippen LogP contribution in [0.5, 0.6) is 0 Å². The molecule has 1 atom stereocenters. The summed E-state index contributed by atoms with van der Waals surface area (Å²) in [4.78, 5) is 14.5. The van der Waals surface area contributed by atoms with Gasteiger partial charge in [-0.15, -0.1) is 0 Å². The van der Waals surface area contributed by atoms with E-state index < -0.39 is 3.12 Å². The molecule has 0 aromatic heterocycles. The summed E-state index contributed by atoms with van der Waals surface area (Å²) in [7, 11) is 0. The number of urea groups is 1. The predicted octanol–water partition coefficient (Wildman–Crippen LogP) is 5.69. The lowest BCUT2D eigenvalue weighted by Gasteiger charge is -2.26. The number of anilines is 1. The fourth-order valence-corrected chi connectivity index (χ4v) is 3.61. The average Bonchev–Trinajstić information content (AvgIpc) is 2.73. The summed E-state index contributed by atoms with van der Waals surface area (Å²) in [5.74, 6) is 0.178. The summed E-state index contributed by atoms with van der Waals surface area (Å²) in [5, 5.41) is 0. The number of carbonyl (C=O) groups is 1. The number of hydrogen-bond donors (Lipinski definition) is 1. The Morgan fingerprint density at radius 1 is 1.12 bits per heavy atom. The van der Waals surface area contributed by atoms with Crippen molar-refractivity contribution in [2.24, 2.45) is 5.92 Å². The first-order valence-electron chi connectivity index (χ1n) is 7.66. The molecule has 8 heteroatoms. The highest BCUT2D eigenvalue weighted by Gasteiger charge is 2.43. The van der Waals surface area contributed by atoms with Gasteiger partial charge in [-0.3, -0.25) is 4.90 Å². The number of benzene rings is 1. The Hall–Kier alpha value is -0.330. The molecule has 1 aliphatic rings. The molecule has 24 heavy (non-hydrogen) atoms. The van der Waals surface area contributed by atoms with Crippen LogP contribution in [0, 0.1) is 5.92 Å². The van der Waals surface area contributed by atoms with Crippen LogP contribution in [0.25, 0.3) is 0 Å². The zero-order valence-corrected chi connectivity index (χ0v) is 17.4. The van der Waals surface area contributed by atoms with Crippen LogP contribution in [0.1, 0.15) is 40.2 Å². The number of alkyl halides is 3. The highest BCUT2D eigenvalue weighted by molar-refractivity contribution is 8.03. The minimum Gasteiger partial charge on any atom is -0.275 e. The second-order valence-electron chi connectivity index (χ2n) is 7.10. The Balaban J connectivity index is 2.30. The molecule has 1 unspecified atom stereocenters. The molecule has 134 valence electrons. The third kappa shape index (κ3) is 4.64. The Bertz CT molecular complexity index is 596. The molecular weight excluding hydrogens is 389 g/mol. The molecule has 0 bridgehead atoms. The Labute approximate surface area is 162 Å². The van der Waals surface area contributed by atoms with Crippen molar-refractivity contribution in [2.75, 3.05) is 4.90 Å². The van der Waals surface area contributed by atoms with E-state index in [1.807, 2.05) is 38.1 Å². The zero-order chi connectivity index (χ0) is 18.3. The first kappa shape index (κ1) is 20.0. The van der Waals surface area contributed by atoms with E-state index in [1.54, 1.807) is 4.90 Å². The van der Waals surface area contributed by atoms with Gasteiger partial charge in [0.25, 0.3) is 3.12 Å². The minimum atomic E-state index is -1.61. The van der Waals surface area contributed by atoms with Crippen LogP contribution in [0.2, 0.25) is 0 Å². The molecule has 0 aliphatic carbocycles. The van der Waals surface area contributed by atoms with Crippen molar-refractivity contribution in [3.05, 3.63) is 29.8 Å². The standard InChI is InChI=1S/C16H22Cl3N3OS/c1-10(2)13-20-22(24-16(17,18)19)14(23)21(13)12-8-6-11(7-9-12)15(3,4)5/h6-10,13,20H,1-5H3. The number of nitrogens with zero attached hydrogens (tertiary/aromatic N) is 2. The Morgan fingerprint density at radius 3 is 2.08 bits per heavy atom. The molecular formula is C16H22Cl3N3OS. The van der Waals surface area contributed by atoms with Crippen molar-refractivity contribution >= 4 is 58.5 Å². The van der Waals surface area contributed by atoms with Gasteiger partial charge in [-0.1, -0.05) is 81.6 Å². The van der Waals surface area contributed by atoms with Gasteiger partial charge in [0.05, 0.1) is 0 Å². The van der Waals surface area contributed by atoms with Crippen molar-refractivity contribution in [3.8, 4) is 0 Å². The largest absolute Gasteiger partial charge is 0.350 e. The SMILES string of the molecule is CC(C)C1NN(SC(Cl)(Cl)Cl)C(=O)N1c1ccc(C(C)(C)C)cc1. The van der Waals surface area contributed by atoms with Crippen molar-refractivity contribution in [2.45, 2.75) is 49.3 Å². The first-order chi connectivity index (χ1) is 10.9. The number of halogens is 3. The van der Waals surface area contributed by atoms with Crippen molar-refractivity contribution in [1.29, 1.82) is 0 Å². The Kier molecular flexibility index (Phi) is 5.93. The van der Waals surface area contributed by atoms with Gasteiger partial charge in [-0.2, -0.15) is 9.84 Å². The molecule has 1 aliphatic heterocycles. The van der Waals surface area contributed by atoms with Gasteiger partial charge in [0, 0.05) is 17.6 Å². The maximum absolute atomic E-state index is 12.8.